The zero-order valence-corrected chi connectivity index (χ0v) is 14.3. The number of urea groups is 1. The number of nitrogens with zero attached hydrogens (tertiary/aromatic N) is 4. The van der Waals surface area contributed by atoms with Gasteiger partial charge in [-0.3, -0.25) is 5.32 Å². The van der Waals surface area contributed by atoms with E-state index in [0.29, 0.717) is 5.82 Å². The highest BCUT2D eigenvalue weighted by Crippen LogP contribution is 2.11. The Morgan fingerprint density at radius 3 is 2.38 bits per heavy atom. The highest BCUT2D eigenvalue weighted by molar-refractivity contribution is 7.62. The normalized spacial score (nSPS) is 9.58. The molecule has 2 amide bonds. The molecule has 140 valence electrons. The summed E-state index contributed by atoms with van der Waals surface area (Å²) in [5.74, 6) is 0.367. The van der Waals surface area contributed by atoms with Gasteiger partial charge < -0.3 is 9.47 Å². The molecule has 1 heterocycles. The van der Waals surface area contributed by atoms with Crippen molar-refractivity contribution in [2.45, 2.75) is 13.5 Å². The van der Waals surface area contributed by atoms with Gasteiger partial charge in [-0.25, -0.2) is 4.79 Å². The number of methoxy groups -OCH3 is 1. The third-order valence-electron chi connectivity index (χ3n) is 2.25. The van der Waals surface area contributed by atoms with Crippen LogP contribution < -0.4 is 14.8 Å². The van der Waals surface area contributed by atoms with E-state index < -0.39 is 23.1 Å². The average molecular weight is 389 g/mol. The van der Waals surface area contributed by atoms with Gasteiger partial charge in [0, 0.05) is 0 Å². The van der Waals surface area contributed by atoms with Crippen molar-refractivity contribution in [3.05, 3.63) is 36.2 Å². The molecular weight excluding hydrogens is 376 g/mol. The molecule has 2 rings (SSSR count). The number of halogens is 2. The number of carbonyl (C=O) groups excluding carboxylic acids is 1. The molecule has 0 radical (unpaired) electrons. The molecule has 13 heteroatoms. The Bertz CT molecular complexity index is 856. The van der Waals surface area contributed by atoms with Crippen LogP contribution in [-0.4, -0.2) is 43.1 Å². The van der Waals surface area contributed by atoms with Gasteiger partial charge in [-0.1, -0.05) is 22.6 Å². The highest BCUT2D eigenvalue weighted by atomic mass is 32.2. The predicted octanol–water partition coefficient (Wildman–Crippen LogP) is 2.07. The Hall–Kier alpha value is -3.22. The van der Waals surface area contributed by atoms with Crippen LogP contribution in [0.2, 0.25) is 0 Å². The third-order valence-corrected chi connectivity index (χ3v) is 2.57. The number of anilines is 1. The Morgan fingerprint density at radius 1 is 1.19 bits per heavy atom. The molecular formula is C13H13F2N5O5S. The lowest BCUT2D eigenvalue weighted by atomic mass is 10.3. The maximum atomic E-state index is 11.5. The van der Waals surface area contributed by atoms with E-state index in [1.807, 2.05) is 5.32 Å². The van der Waals surface area contributed by atoms with Crippen LogP contribution in [0, 0.1) is 6.92 Å². The molecule has 10 nitrogen and oxygen atoms in total. The summed E-state index contributed by atoms with van der Waals surface area (Å²) in [6.45, 7) is -1.18. The first-order valence-corrected chi connectivity index (χ1v) is 7.72. The Labute approximate surface area is 147 Å². The maximum absolute atomic E-state index is 11.5. The van der Waals surface area contributed by atoms with E-state index in [1.165, 1.54) is 19.2 Å². The van der Waals surface area contributed by atoms with Gasteiger partial charge in [-0.2, -0.15) is 32.2 Å². The fourth-order valence-electron chi connectivity index (χ4n) is 1.39. The summed E-state index contributed by atoms with van der Waals surface area (Å²) in [5, 5.41) is 2.05. The van der Waals surface area contributed by atoms with Crippen molar-refractivity contribution in [2.24, 2.45) is 4.36 Å². The minimum atomic E-state index is -2.82. The molecule has 0 bridgehead atoms. The van der Waals surface area contributed by atoms with Crippen LogP contribution >= 0.6 is 0 Å². The van der Waals surface area contributed by atoms with Gasteiger partial charge in [-0.15, -0.1) is 0 Å². The van der Waals surface area contributed by atoms with E-state index in [9.17, 15) is 22.0 Å². The number of aromatic nitrogens is 3. The number of ether oxygens (including phenoxy) is 2. The summed E-state index contributed by atoms with van der Waals surface area (Å²) < 4.78 is 54.7. The number of para-hydroxylation sites is 1. The van der Waals surface area contributed by atoms with Crippen molar-refractivity contribution in [1.82, 2.24) is 15.0 Å². The van der Waals surface area contributed by atoms with Crippen LogP contribution in [0.4, 0.5) is 19.5 Å². The number of carbonyl (C=O) groups is 1. The lowest BCUT2D eigenvalue weighted by molar-refractivity contribution is -0.0498. The predicted molar refractivity (Wildman–Crippen MR) is 84.6 cm³/mol. The molecule has 0 aliphatic carbocycles. The molecule has 0 spiro atoms. The van der Waals surface area contributed by atoms with Gasteiger partial charge in [0.2, 0.25) is 5.95 Å². The molecule has 26 heavy (non-hydrogen) atoms. The lowest BCUT2D eigenvalue weighted by Crippen LogP contribution is -2.11. The number of alkyl halides is 2. The summed E-state index contributed by atoms with van der Waals surface area (Å²) >= 11 is 0. The molecule has 0 saturated heterocycles. The minimum absolute atomic E-state index is 0.00560. The van der Waals surface area contributed by atoms with E-state index >= 15 is 0 Å². The van der Waals surface area contributed by atoms with Crippen LogP contribution in [0.1, 0.15) is 5.82 Å². The summed E-state index contributed by atoms with van der Waals surface area (Å²) in [6, 6.07) is 6.87. The van der Waals surface area contributed by atoms with Crippen molar-refractivity contribution in [2.75, 3.05) is 12.4 Å². The third kappa shape index (κ3) is 8.58. The Kier molecular flexibility index (Phi) is 8.49. The minimum Gasteiger partial charge on any atom is -0.467 e. The van der Waals surface area contributed by atoms with E-state index in [4.69, 9.17) is 4.74 Å². The number of rotatable bonds is 4. The SMILES string of the molecule is COc1nc(C)nc(NC(=O)N=S(=O)=O)n1.FC(F)Oc1ccccc1. The maximum Gasteiger partial charge on any atom is 0.387 e. The quantitative estimate of drug-likeness (QED) is 0.840. The van der Waals surface area contributed by atoms with Gasteiger partial charge in [-0.05, 0) is 19.1 Å². The van der Waals surface area contributed by atoms with Crippen molar-refractivity contribution < 1.29 is 31.5 Å². The van der Waals surface area contributed by atoms with Crippen LogP contribution in [-0.2, 0) is 10.5 Å². The number of nitrogens with one attached hydrogen (secondary N) is 1. The van der Waals surface area contributed by atoms with Crippen LogP contribution in [0.25, 0.3) is 0 Å². The van der Waals surface area contributed by atoms with Crippen LogP contribution in [0.5, 0.6) is 11.8 Å². The molecule has 1 N–H and O–H groups in total. The molecule has 0 saturated carbocycles. The molecule has 1 aromatic carbocycles. The molecule has 0 aliphatic heterocycles. The van der Waals surface area contributed by atoms with Gasteiger partial charge in [0.25, 0.3) is 0 Å². The second kappa shape index (κ2) is 10.6. The van der Waals surface area contributed by atoms with Gasteiger partial charge in [0.05, 0.1) is 7.11 Å². The summed E-state index contributed by atoms with van der Waals surface area (Å²) in [4.78, 5) is 22.1. The molecule has 0 fully saturated rings. The van der Waals surface area contributed by atoms with Crippen molar-refractivity contribution >= 4 is 22.5 Å². The second-order valence-electron chi connectivity index (χ2n) is 4.12. The first kappa shape index (κ1) is 20.8. The van der Waals surface area contributed by atoms with E-state index in [2.05, 4.69) is 24.1 Å². The zero-order valence-electron chi connectivity index (χ0n) is 13.5. The average Bonchev–Trinajstić information content (AvgIpc) is 2.54. The summed E-state index contributed by atoms with van der Waals surface area (Å²) in [7, 11) is -1.48. The number of amides is 2. The smallest absolute Gasteiger partial charge is 0.387 e. The fourth-order valence-corrected chi connectivity index (χ4v) is 1.57. The number of benzene rings is 1. The largest absolute Gasteiger partial charge is 0.467 e. The number of hydrogen-bond donors (Lipinski definition) is 1. The Balaban J connectivity index is 0.000000289. The highest BCUT2D eigenvalue weighted by Gasteiger charge is 2.07. The lowest BCUT2D eigenvalue weighted by Gasteiger charge is -2.02. The van der Waals surface area contributed by atoms with E-state index in [-0.39, 0.29) is 17.7 Å². The number of aryl methyl sites for hydroxylation is 1. The first-order chi connectivity index (χ1) is 12.3. The van der Waals surface area contributed by atoms with Crippen molar-refractivity contribution in [1.29, 1.82) is 0 Å². The molecule has 0 aliphatic rings. The van der Waals surface area contributed by atoms with Crippen molar-refractivity contribution in [3.8, 4) is 11.8 Å². The van der Waals surface area contributed by atoms with Gasteiger partial charge in [0.15, 0.2) is 0 Å². The molecule has 1 aromatic heterocycles. The van der Waals surface area contributed by atoms with Gasteiger partial charge in [0.1, 0.15) is 11.6 Å². The summed E-state index contributed by atoms with van der Waals surface area (Å²) in [5.41, 5.74) is 0. The van der Waals surface area contributed by atoms with Crippen molar-refractivity contribution in [3.63, 3.8) is 0 Å². The standard InChI is InChI=1S/C7H6F2O.C6H7N5O4S/c8-7(9)10-6-4-2-1-3-5-6;1-3-7-4(10-6(8-3)15-2)9-5(12)11-16(13)14/h1-5,7H;1-2H3,(H,7,8,9,10,12). The monoisotopic (exact) mass is 389 g/mol. The second-order valence-corrected chi connectivity index (χ2v) is 4.74. The Morgan fingerprint density at radius 2 is 1.85 bits per heavy atom. The first-order valence-electron chi connectivity index (χ1n) is 6.68. The van der Waals surface area contributed by atoms with E-state index in [0.717, 1.165) is 0 Å². The van der Waals surface area contributed by atoms with Crippen LogP contribution in [0.3, 0.4) is 0 Å². The molecule has 0 unspecified atom stereocenters. The molecule has 0 atom stereocenters. The van der Waals surface area contributed by atoms with Crippen LogP contribution in [0.15, 0.2) is 34.7 Å². The molecule has 2 aromatic rings. The summed E-state index contributed by atoms with van der Waals surface area (Å²) in [6.07, 6.45) is 0. The van der Waals surface area contributed by atoms with E-state index in [1.54, 1.807) is 25.1 Å². The topological polar surface area (TPSA) is 133 Å². The van der Waals surface area contributed by atoms with Gasteiger partial charge >= 0.3 is 29.2 Å². The fraction of sp³-hybridized carbons (Fsp3) is 0.231. The zero-order chi connectivity index (χ0) is 19.5. The number of hydrogen-bond acceptors (Lipinski definition) is 8.